The van der Waals surface area contributed by atoms with Gasteiger partial charge in [0.2, 0.25) is 5.91 Å². The van der Waals surface area contributed by atoms with Crippen molar-refractivity contribution in [2.24, 2.45) is 5.92 Å². The SMILES string of the molecule is CC(C)CNC(=O)Cn1ccnc1C(C)C. The zero-order valence-electron chi connectivity index (χ0n) is 10.5. The minimum atomic E-state index is 0.0496. The Hall–Kier alpha value is -1.32. The Kier molecular flexibility index (Phi) is 4.52. The summed E-state index contributed by atoms with van der Waals surface area (Å²) in [5.41, 5.74) is 0. The molecular weight excluding hydrogens is 202 g/mol. The van der Waals surface area contributed by atoms with Gasteiger partial charge in [-0.15, -0.1) is 0 Å². The van der Waals surface area contributed by atoms with Crippen LogP contribution in [0.4, 0.5) is 0 Å². The molecule has 1 N–H and O–H groups in total. The quantitative estimate of drug-likeness (QED) is 0.827. The maximum Gasteiger partial charge on any atom is 0.239 e. The highest BCUT2D eigenvalue weighted by atomic mass is 16.1. The summed E-state index contributed by atoms with van der Waals surface area (Å²) in [4.78, 5) is 15.9. The number of carbonyl (C=O) groups excluding carboxylic acids is 1. The summed E-state index contributed by atoms with van der Waals surface area (Å²) in [5.74, 6) is 1.83. The van der Waals surface area contributed by atoms with E-state index >= 15 is 0 Å². The van der Waals surface area contributed by atoms with Crippen molar-refractivity contribution in [2.45, 2.75) is 40.2 Å². The van der Waals surface area contributed by atoms with Crippen molar-refractivity contribution in [3.05, 3.63) is 18.2 Å². The number of carbonyl (C=O) groups is 1. The van der Waals surface area contributed by atoms with Crippen LogP contribution in [0.3, 0.4) is 0 Å². The Labute approximate surface area is 97.1 Å². The molecule has 0 bridgehead atoms. The van der Waals surface area contributed by atoms with Crippen LogP contribution in [0.1, 0.15) is 39.4 Å². The predicted octanol–water partition coefficient (Wildman–Crippen LogP) is 1.78. The first-order valence-corrected chi connectivity index (χ1v) is 5.78. The van der Waals surface area contributed by atoms with Gasteiger partial charge in [0.15, 0.2) is 0 Å². The van der Waals surface area contributed by atoms with Crippen LogP contribution in [0.25, 0.3) is 0 Å². The molecule has 0 atom stereocenters. The third-order valence-electron chi connectivity index (χ3n) is 2.29. The summed E-state index contributed by atoms with van der Waals surface area (Å²) in [7, 11) is 0. The molecule has 4 nitrogen and oxygen atoms in total. The van der Waals surface area contributed by atoms with Gasteiger partial charge in [-0.25, -0.2) is 4.98 Å². The Morgan fingerprint density at radius 3 is 2.69 bits per heavy atom. The number of nitrogens with zero attached hydrogens (tertiary/aromatic N) is 2. The maximum absolute atomic E-state index is 11.6. The molecule has 1 amide bonds. The van der Waals surface area contributed by atoms with Crippen molar-refractivity contribution in [1.82, 2.24) is 14.9 Å². The van der Waals surface area contributed by atoms with E-state index in [1.54, 1.807) is 6.20 Å². The summed E-state index contributed by atoms with van der Waals surface area (Å²) >= 11 is 0. The van der Waals surface area contributed by atoms with E-state index in [9.17, 15) is 4.79 Å². The Morgan fingerprint density at radius 1 is 1.44 bits per heavy atom. The molecule has 0 radical (unpaired) electrons. The first-order valence-electron chi connectivity index (χ1n) is 5.78. The topological polar surface area (TPSA) is 46.9 Å². The zero-order chi connectivity index (χ0) is 12.1. The Bertz CT molecular complexity index is 342. The lowest BCUT2D eigenvalue weighted by atomic mass is 10.2. The van der Waals surface area contributed by atoms with Gasteiger partial charge in [-0.3, -0.25) is 4.79 Å². The molecule has 0 aliphatic rings. The molecule has 90 valence electrons. The van der Waals surface area contributed by atoms with Crippen molar-refractivity contribution in [3.8, 4) is 0 Å². The average molecular weight is 223 g/mol. The van der Waals surface area contributed by atoms with Crippen LogP contribution in [0.5, 0.6) is 0 Å². The lowest BCUT2D eigenvalue weighted by Crippen LogP contribution is -2.31. The molecule has 4 heteroatoms. The standard InChI is InChI=1S/C12H21N3O/c1-9(2)7-14-11(16)8-15-6-5-13-12(15)10(3)4/h5-6,9-10H,7-8H2,1-4H3,(H,14,16). The van der Waals surface area contributed by atoms with Crippen molar-refractivity contribution >= 4 is 5.91 Å². The fraction of sp³-hybridized carbons (Fsp3) is 0.667. The van der Waals surface area contributed by atoms with Gasteiger partial charge in [0.25, 0.3) is 0 Å². The van der Waals surface area contributed by atoms with Crippen LogP contribution < -0.4 is 5.32 Å². The van der Waals surface area contributed by atoms with E-state index in [4.69, 9.17) is 0 Å². The predicted molar refractivity (Wildman–Crippen MR) is 64.2 cm³/mol. The fourth-order valence-electron chi connectivity index (χ4n) is 1.48. The number of amides is 1. The number of hydrogen-bond donors (Lipinski definition) is 1. The third kappa shape index (κ3) is 3.68. The summed E-state index contributed by atoms with van der Waals surface area (Å²) in [5, 5.41) is 2.90. The van der Waals surface area contributed by atoms with Crippen LogP contribution in [-0.4, -0.2) is 22.0 Å². The number of hydrogen-bond acceptors (Lipinski definition) is 2. The third-order valence-corrected chi connectivity index (χ3v) is 2.29. The molecule has 1 aromatic rings. The van der Waals surface area contributed by atoms with E-state index in [0.29, 0.717) is 18.4 Å². The summed E-state index contributed by atoms with van der Waals surface area (Å²) in [6.45, 7) is 9.40. The highest BCUT2D eigenvalue weighted by Gasteiger charge is 2.10. The van der Waals surface area contributed by atoms with Gasteiger partial charge in [0.1, 0.15) is 12.4 Å². The average Bonchev–Trinajstić information content (AvgIpc) is 2.62. The smallest absolute Gasteiger partial charge is 0.239 e. The number of imidazole rings is 1. The van der Waals surface area contributed by atoms with E-state index in [0.717, 1.165) is 12.4 Å². The summed E-state index contributed by atoms with van der Waals surface area (Å²) in [6.07, 6.45) is 3.59. The van der Waals surface area contributed by atoms with Gasteiger partial charge in [-0.05, 0) is 5.92 Å². The second kappa shape index (κ2) is 5.68. The molecular formula is C12H21N3O. The number of rotatable bonds is 5. The van der Waals surface area contributed by atoms with Crippen molar-refractivity contribution in [1.29, 1.82) is 0 Å². The van der Waals surface area contributed by atoms with E-state index < -0.39 is 0 Å². The molecule has 0 spiro atoms. The molecule has 1 heterocycles. The second-order valence-electron chi connectivity index (χ2n) is 4.77. The van der Waals surface area contributed by atoms with Gasteiger partial charge in [-0.2, -0.15) is 0 Å². The van der Waals surface area contributed by atoms with Crippen molar-refractivity contribution < 1.29 is 4.79 Å². The van der Waals surface area contributed by atoms with Crippen LogP contribution in [0.15, 0.2) is 12.4 Å². The Morgan fingerprint density at radius 2 is 2.12 bits per heavy atom. The molecule has 1 rings (SSSR count). The minimum Gasteiger partial charge on any atom is -0.354 e. The van der Waals surface area contributed by atoms with E-state index in [2.05, 4.69) is 38.0 Å². The minimum absolute atomic E-state index is 0.0496. The van der Waals surface area contributed by atoms with Gasteiger partial charge in [-0.1, -0.05) is 27.7 Å². The van der Waals surface area contributed by atoms with E-state index in [1.807, 2.05) is 10.8 Å². The molecule has 0 aliphatic heterocycles. The highest BCUT2D eigenvalue weighted by Crippen LogP contribution is 2.11. The summed E-state index contributed by atoms with van der Waals surface area (Å²) in [6, 6.07) is 0. The lowest BCUT2D eigenvalue weighted by molar-refractivity contribution is -0.121. The van der Waals surface area contributed by atoms with Gasteiger partial charge < -0.3 is 9.88 Å². The van der Waals surface area contributed by atoms with Crippen LogP contribution >= 0.6 is 0 Å². The number of nitrogens with one attached hydrogen (secondary N) is 1. The number of aromatic nitrogens is 2. The van der Waals surface area contributed by atoms with Gasteiger partial charge in [0.05, 0.1) is 0 Å². The summed E-state index contributed by atoms with van der Waals surface area (Å²) < 4.78 is 1.90. The van der Waals surface area contributed by atoms with E-state index in [-0.39, 0.29) is 5.91 Å². The van der Waals surface area contributed by atoms with Crippen molar-refractivity contribution in [3.63, 3.8) is 0 Å². The van der Waals surface area contributed by atoms with Gasteiger partial charge in [0, 0.05) is 24.9 Å². The normalized spacial score (nSPS) is 11.1. The van der Waals surface area contributed by atoms with Crippen molar-refractivity contribution in [2.75, 3.05) is 6.54 Å². The fourth-order valence-corrected chi connectivity index (χ4v) is 1.48. The Balaban J connectivity index is 2.53. The van der Waals surface area contributed by atoms with Crippen LogP contribution in [-0.2, 0) is 11.3 Å². The molecule has 1 aromatic heterocycles. The monoisotopic (exact) mass is 223 g/mol. The first kappa shape index (κ1) is 12.7. The molecule has 0 aliphatic carbocycles. The second-order valence-corrected chi connectivity index (χ2v) is 4.77. The largest absolute Gasteiger partial charge is 0.354 e. The van der Waals surface area contributed by atoms with Crippen LogP contribution in [0.2, 0.25) is 0 Å². The zero-order valence-corrected chi connectivity index (χ0v) is 10.5. The van der Waals surface area contributed by atoms with Crippen LogP contribution in [0, 0.1) is 5.92 Å². The molecule has 0 fully saturated rings. The first-order chi connectivity index (χ1) is 7.50. The lowest BCUT2D eigenvalue weighted by Gasteiger charge is -2.11. The molecule has 16 heavy (non-hydrogen) atoms. The molecule has 0 saturated heterocycles. The molecule has 0 unspecified atom stereocenters. The van der Waals surface area contributed by atoms with E-state index in [1.165, 1.54) is 0 Å². The highest BCUT2D eigenvalue weighted by molar-refractivity contribution is 5.75. The maximum atomic E-state index is 11.6. The molecule has 0 aromatic carbocycles. The molecule has 0 saturated carbocycles. The van der Waals surface area contributed by atoms with Gasteiger partial charge >= 0.3 is 0 Å².